The smallest absolute Gasteiger partial charge is 0.230 e. The van der Waals surface area contributed by atoms with Crippen molar-refractivity contribution in [3.8, 4) is 22.6 Å². The fourth-order valence-electron chi connectivity index (χ4n) is 4.38. The van der Waals surface area contributed by atoms with Gasteiger partial charge in [0.25, 0.3) is 0 Å². The highest BCUT2D eigenvalue weighted by molar-refractivity contribution is 5.92. The average molecular weight is 496 g/mol. The Hall–Kier alpha value is -4.64. The number of pyridine rings is 1. The summed E-state index contributed by atoms with van der Waals surface area (Å²) in [5.41, 5.74) is 5.60. The van der Waals surface area contributed by atoms with Crippen molar-refractivity contribution in [2.24, 2.45) is 7.05 Å². The van der Waals surface area contributed by atoms with E-state index in [1.165, 1.54) is 0 Å². The number of fused-ring (bicyclic) bond motifs is 1. The molecule has 1 amide bonds. The predicted octanol–water partition coefficient (Wildman–Crippen LogP) is 2.83. The number of carbonyl (C=O) groups is 1. The van der Waals surface area contributed by atoms with E-state index in [-0.39, 0.29) is 12.3 Å². The number of nitrogens with zero attached hydrogens (tertiary/aromatic N) is 7. The monoisotopic (exact) mass is 495 g/mol. The summed E-state index contributed by atoms with van der Waals surface area (Å²) in [5.74, 6) is 1.41. The summed E-state index contributed by atoms with van der Waals surface area (Å²) >= 11 is 0. The molecule has 1 fully saturated rings. The number of hydrogen-bond acceptors (Lipinski definition) is 8. The number of anilines is 2. The summed E-state index contributed by atoms with van der Waals surface area (Å²) in [6, 6.07) is 13.3. The van der Waals surface area contributed by atoms with Crippen molar-refractivity contribution in [2.75, 3.05) is 36.5 Å². The van der Waals surface area contributed by atoms with Crippen LogP contribution in [-0.4, -0.2) is 66.9 Å². The minimum absolute atomic E-state index is 0.119. The fraction of sp³-hybridized carbons (Fsp3) is 0.231. The van der Waals surface area contributed by atoms with Crippen LogP contribution >= 0.6 is 0 Å². The van der Waals surface area contributed by atoms with Crippen LogP contribution in [0.15, 0.2) is 61.2 Å². The number of aromatic amines is 1. The first-order chi connectivity index (χ1) is 18.1. The maximum atomic E-state index is 12.7. The van der Waals surface area contributed by atoms with Gasteiger partial charge in [0.2, 0.25) is 5.91 Å². The number of morpholine rings is 1. The summed E-state index contributed by atoms with van der Waals surface area (Å²) < 4.78 is 7.19. The van der Waals surface area contributed by atoms with Crippen LogP contribution < -0.4 is 10.2 Å². The summed E-state index contributed by atoms with van der Waals surface area (Å²) in [4.78, 5) is 35.8. The normalized spacial score (nSPS) is 13.7. The minimum Gasteiger partial charge on any atom is -0.378 e. The minimum atomic E-state index is -0.119. The van der Waals surface area contributed by atoms with Crippen LogP contribution in [0.2, 0.25) is 0 Å². The SMILES string of the molecule is Cn1nc(-c2ccncc2)cc1CC(=O)Nc1ccc(-c2nc3ncnc(N4CCOCC4)c3[nH]2)cc1. The molecular formula is C26H25N9O2. The zero-order chi connectivity index (χ0) is 25.2. The molecule has 0 unspecified atom stereocenters. The van der Waals surface area contributed by atoms with Crippen LogP contribution in [0.5, 0.6) is 0 Å². The molecule has 1 aliphatic heterocycles. The van der Waals surface area contributed by atoms with Crippen molar-refractivity contribution in [1.29, 1.82) is 0 Å². The second-order valence-corrected chi connectivity index (χ2v) is 8.76. The maximum absolute atomic E-state index is 12.7. The van der Waals surface area contributed by atoms with Gasteiger partial charge in [0.1, 0.15) is 17.7 Å². The molecule has 5 heterocycles. The molecule has 0 bridgehead atoms. The Morgan fingerprint density at radius 2 is 1.84 bits per heavy atom. The largest absolute Gasteiger partial charge is 0.378 e. The van der Waals surface area contributed by atoms with E-state index < -0.39 is 0 Å². The number of amides is 1. The van der Waals surface area contributed by atoms with Crippen molar-refractivity contribution in [3.05, 3.63) is 66.9 Å². The molecule has 186 valence electrons. The zero-order valence-corrected chi connectivity index (χ0v) is 20.3. The number of hydrogen-bond donors (Lipinski definition) is 2. The number of benzene rings is 1. The van der Waals surface area contributed by atoms with E-state index in [9.17, 15) is 4.79 Å². The van der Waals surface area contributed by atoms with E-state index in [1.807, 2.05) is 49.5 Å². The Morgan fingerprint density at radius 1 is 1.05 bits per heavy atom. The molecular weight excluding hydrogens is 470 g/mol. The van der Waals surface area contributed by atoms with Crippen LogP contribution in [0, 0.1) is 0 Å². The average Bonchev–Trinajstić information content (AvgIpc) is 3.53. The Labute approximate surface area is 212 Å². The molecule has 0 atom stereocenters. The van der Waals surface area contributed by atoms with Crippen molar-refractivity contribution in [1.82, 2.24) is 34.7 Å². The number of H-pyrrole nitrogens is 1. The predicted molar refractivity (Wildman–Crippen MR) is 139 cm³/mol. The highest BCUT2D eigenvalue weighted by Crippen LogP contribution is 2.26. The molecule has 6 rings (SSSR count). The number of nitrogens with one attached hydrogen (secondary N) is 2. The Bertz CT molecular complexity index is 1540. The quantitative estimate of drug-likeness (QED) is 0.368. The third-order valence-corrected chi connectivity index (χ3v) is 6.32. The van der Waals surface area contributed by atoms with Gasteiger partial charge in [0.05, 0.1) is 25.3 Å². The highest BCUT2D eigenvalue weighted by atomic mass is 16.5. The number of ether oxygens (including phenoxy) is 1. The molecule has 2 N–H and O–H groups in total. The molecule has 11 heteroatoms. The second-order valence-electron chi connectivity index (χ2n) is 8.76. The lowest BCUT2D eigenvalue weighted by Gasteiger charge is -2.27. The van der Waals surface area contributed by atoms with Gasteiger partial charge in [-0.3, -0.25) is 14.5 Å². The van der Waals surface area contributed by atoms with E-state index in [0.717, 1.165) is 46.9 Å². The standard InChI is InChI=1S/C26H25N9O2/c1-34-20(14-21(33-34)17-6-8-27-9-7-17)15-22(36)30-19-4-2-18(3-5-19)24-31-23-25(32-24)28-16-29-26(23)35-10-12-37-13-11-35/h2-9,14,16H,10-13,15H2,1H3,(H,30,36)(H,28,29,31,32). The van der Waals surface area contributed by atoms with Gasteiger partial charge < -0.3 is 19.9 Å². The first-order valence-electron chi connectivity index (χ1n) is 12.0. The number of rotatable bonds is 6. The van der Waals surface area contributed by atoms with Gasteiger partial charge in [0, 0.05) is 55.0 Å². The van der Waals surface area contributed by atoms with Crippen LogP contribution in [-0.2, 0) is 23.0 Å². The van der Waals surface area contributed by atoms with E-state index in [0.29, 0.717) is 30.4 Å². The number of imidazole rings is 1. The van der Waals surface area contributed by atoms with Gasteiger partial charge in [-0.1, -0.05) is 0 Å². The van der Waals surface area contributed by atoms with Crippen LogP contribution in [0.1, 0.15) is 5.69 Å². The summed E-state index contributed by atoms with van der Waals surface area (Å²) in [7, 11) is 1.84. The van der Waals surface area contributed by atoms with E-state index in [4.69, 9.17) is 4.74 Å². The topological polar surface area (TPSA) is 127 Å². The third kappa shape index (κ3) is 4.76. The van der Waals surface area contributed by atoms with Crippen molar-refractivity contribution in [3.63, 3.8) is 0 Å². The van der Waals surface area contributed by atoms with E-state index >= 15 is 0 Å². The fourth-order valence-corrected chi connectivity index (χ4v) is 4.38. The van der Waals surface area contributed by atoms with Gasteiger partial charge in [0.15, 0.2) is 11.5 Å². The number of carbonyl (C=O) groups excluding carboxylic acids is 1. The summed E-state index contributed by atoms with van der Waals surface area (Å²) in [6.45, 7) is 2.90. The van der Waals surface area contributed by atoms with Gasteiger partial charge >= 0.3 is 0 Å². The third-order valence-electron chi connectivity index (χ3n) is 6.32. The van der Waals surface area contributed by atoms with Crippen molar-refractivity contribution in [2.45, 2.75) is 6.42 Å². The summed E-state index contributed by atoms with van der Waals surface area (Å²) in [5, 5.41) is 7.48. The van der Waals surface area contributed by atoms with Gasteiger partial charge in [-0.05, 0) is 42.5 Å². The highest BCUT2D eigenvalue weighted by Gasteiger charge is 2.19. The van der Waals surface area contributed by atoms with Gasteiger partial charge in [-0.15, -0.1) is 0 Å². The molecule has 0 radical (unpaired) electrons. The van der Waals surface area contributed by atoms with Crippen LogP contribution in [0.25, 0.3) is 33.8 Å². The van der Waals surface area contributed by atoms with Crippen molar-refractivity contribution < 1.29 is 9.53 Å². The first-order valence-corrected chi connectivity index (χ1v) is 12.0. The van der Waals surface area contributed by atoms with E-state index in [1.54, 1.807) is 23.4 Å². The number of aromatic nitrogens is 7. The molecule has 1 aliphatic rings. The lowest BCUT2D eigenvalue weighted by Crippen LogP contribution is -2.36. The molecule has 0 spiro atoms. The first kappa shape index (κ1) is 22.8. The zero-order valence-electron chi connectivity index (χ0n) is 20.3. The molecule has 0 aliphatic carbocycles. The molecule has 1 saturated heterocycles. The van der Waals surface area contributed by atoms with Crippen LogP contribution in [0.3, 0.4) is 0 Å². The Balaban J connectivity index is 1.15. The lowest BCUT2D eigenvalue weighted by atomic mass is 10.1. The van der Waals surface area contributed by atoms with Crippen LogP contribution in [0.4, 0.5) is 11.5 Å². The Kier molecular flexibility index (Phi) is 6.03. The van der Waals surface area contributed by atoms with Crippen molar-refractivity contribution >= 4 is 28.6 Å². The molecule has 4 aromatic heterocycles. The van der Waals surface area contributed by atoms with Gasteiger partial charge in [-0.25, -0.2) is 15.0 Å². The molecule has 11 nitrogen and oxygen atoms in total. The van der Waals surface area contributed by atoms with E-state index in [2.05, 4.69) is 40.2 Å². The Morgan fingerprint density at radius 3 is 2.62 bits per heavy atom. The number of aryl methyl sites for hydroxylation is 1. The van der Waals surface area contributed by atoms with Gasteiger partial charge in [-0.2, -0.15) is 5.10 Å². The second kappa shape index (κ2) is 9.78. The molecule has 0 saturated carbocycles. The molecule has 37 heavy (non-hydrogen) atoms. The maximum Gasteiger partial charge on any atom is 0.230 e. The molecule has 5 aromatic rings. The molecule has 1 aromatic carbocycles. The summed E-state index contributed by atoms with van der Waals surface area (Å²) in [6.07, 6.45) is 5.20. The lowest BCUT2D eigenvalue weighted by molar-refractivity contribution is -0.115.